The van der Waals surface area contributed by atoms with Crippen molar-refractivity contribution in [1.29, 1.82) is 0 Å². The summed E-state index contributed by atoms with van der Waals surface area (Å²) in [6.07, 6.45) is 6.53. The summed E-state index contributed by atoms with van der Waals surface area (Å²) < 4.78 is 6.30. The molecule has 4 heteroatoms. The Balaban J connectivity index is 1.29. The van der Waals surface area contributed by atoms with Crippen molar-refractivity contribution >= 4 is 5.91 Å². The summed E-state index contributed by atoms with van der Waals surface area (Å²) in [7, 11) is 2.20. The molecule has 0 aromatic heterocycles. The van der Waals surface area contributed by atoms with Gasteiger partial charge < -0.3 is 9.64 Å². The summed E-state index contributed by atoms with van der Waals surface area (Å²) in [6, 6.07) is 11.1. The van der Waals surface area contributed by atoms with Gasteiger partial charge in [0, 0.05) is 31.6 Å². The predicted molar refractivity (Wildman–Crippen MR) is 98.2 cm³/mol. The number of rotatable bonds is 4. The number of carbonyl (C=O) groups is 1. The summed E-state index contributed by atoms with van der Waals surface area (Å²) in [5, 5.41) is 0. The Labute approximate surface area is 151 Å². The van der Waals surface area contributed by atoms with Crippen LogP contribution in [0.3, 0.4) is 0 Å². The smallest absolute Gasteiger partial charge is 0.225 e. The molecule has 0 bridgehead atoms. The molecule has 25 heavy (non-hydrogen) atoms. The first kappa shape index (κ1) is 17.0. The van der Waals surface area contributed by atoms with Gasteiger partial charge in [0.2, 0.25) is 5.91 Å². The van der Waals surface area contributed by atoms with E-state index in [2.05, 4.69) is 47.2 Å². The van der Waals surface area contributed by atoms with Gasteiger partial charge in [0.1, 0.15) is 0 Å². The van der Waals surface area contributed by atoms with Crippen molar-refractivity contribution in [3.63, 3.8) is 0 Å². The van der Waals surface area contributed by atoms with Crippen molar-refractivity contribution in [3.05, 3.63) is 35.9 Å². The van der Waals surface area contributed by atoms with Gasteiger partial charge in [0.25, 0.3) is 0 Å². The summed E-state index contributed by atoms with van der Waals surface area (Å²) in [6.45, 7) is 3.55. The second kappa shape index (κ2) is 7.08. The van der Waals surface area contributed by atoms with Crippen LogP contribution in [-0.4, -0.2) is 54.1 Å². The van der Waals surface area contributed by atoms with Crippen molar-refractivity contribution in [3.8, 4) is 0 Å². The first-order valence-corrected chi connectivity index (χ1v) is 9.82. The van der Waals surface area contributed by atoms with E-state index in [9.17, 15) is 4.79 Å². The third-order valence-corrected chi connectivity index (χ3v) is 6.53. The van der Waals surface area contributed by atoms with E-state index in [0.717, 1.165) is 58.3 Å². The number of hydrogen-bond acceptors (Lipinski definition) is 3. The standard InChI is InChI=1S/C21H30N2O2/c1-22(15-17-6-3-2-4-7-17)19-14-21(25-16-19)10-12-23(13-11-21)20(24)18-8-5-9-18/h2-4,6-7,18-19H,5,8-16H2,1H3/t19-/m0/s1. The van der Waals surface area contributed by atoms with E-state index in [0.29, 0.717) is 17.9 Å². The Morgan fingerprint density at radius 3 is 2.60 bits per heavy atom. The third kappa shape index (κ3) is 3.61. The lowest BCUT2D eigenvalue weighted by Crippen LogP contribution is -2.49. The van der Waals surface area contributed by atoms with E-state index in [1.54, 1.807) is 0 Å². The van der Waals surface area contributed by atoms with Gasteiger partial charge in [0.15, 0.2) is 0 Å². The molecule has 136 valence electrons. The van der Waals surface area contributed by atoms with Crippen LogP contribution in [0.2, 0.25) is 0 Å². The van der Waals surface area contributed by atoms with Gasteiger partial charge in [0.05, 0.1) is 12.2 Å². The van der Waals surface area contributed by atoms with Gasteiger partial charge in [-0.3, -0.25) is 9.69 Å². The minimum atomic E-state index is 0.00596. The molecular formula is C21H30N2O2. The Kier molecular flexibility index (Phi) is 4.83. The summed E-state index contributed by atoms with van der Waals surface area (Å²) >= 11 is 0. The van der Waals surface area contributed by atoms with Crippen LogP contribution in [-0.2, 0) is 16.1 Å². The normalized spacial score (nSPS) is 26.2. The van der Waals surface area contributed by atoms with Gasteiger partial charge in [-0.25, -0.2) is 0 Å². The van der Waals surface area contributed by atoms with E-state index in [4.69, 9.17) is 4.74 Å². The SMILES string of the molecule is CN(Cc1ccccc1)[C@@H]1COC2(CCN(C(=O)C3CCC3)CC2)C1. The molecule has 2 saturated heterocycles. The largest absolute Gasteiger partial charge is 0.373 e. The first-order valence-electron chi connectivity index (χ1n) is 9.82. The molecule has 1 spiro atoms. The lowest BCUT2D eigenvalue weighted by atomic mass is 9.82. The highest BCUT2D eigenvalue weighted by molar-refractivity contribution is 5.79. The molecule has 1 aromatic rings. The Morgan fingerprint density at radius 1 is 1.24 bits per heavy atom. The van der Waals surface area contributed by atoms with Gasteiger partial charge >= 0.3 is 0 Å². The quantitative estimate of drug-likeness (QED) is 0.843. The minimum Gasteiger partial charge on any atom is -0.373 e. The van der Waals surface area contributed by atoms with Gasteiger partial charge in [-0.05, 0) is 44.7 Å². The Morgan fingerprint density at radius 2 is 1.96 bits per heavy atom. The molecule has 0 N–H and O–H groups in total. The number of piperidine rings is 1. The second-order valence-electron chi connectivity index (χ2n) is 8.21. The van der Waals surface area contributed by atoms with E-state index in [-0.39, 0.29) is 5.60 Å². The van der Waals surface area contributed by atoms with Crippen LogP contribution in [0.15, 0.2) is 30.3 Å². The van der Waals surface area contributed by atoms with Crippen LogP contribution in [0.5, 0.6) is 0 Å². The molecule has 3 fully saturated rings. The Hall–Kier alpha value is -1.39. The predicted octanol–water partition coefficient (Wildman–Crippen LogP) is 3.07. The second-order valence-corrected chi connectivity index (χ2v) is 8.21. The van der Waals surface area contributed by atoms with Crippen LogP contribution in [0.25, 0.3) is 0 Å². The number of benzene rings is 1. The summed E-state index contributed by atoms with van der Waals surface area (Å²) in [4.78, 5) is 17.0. The van der Waals surface area contributed by atoms with Crippen LogP contribution in [0.1, 0.15) is 44.1 Å². The zero-order chi connectivity index (χ0) is 17.3. The molecule has 1 amide bonds. The number of carbonyl (C=O) groups excluding carboxylic acids is 1. The average Bonchev–Trinajstić information content (AvgIpc) is 2.99. The van der Waals surface area contributed by atoms with E-state index in [1.807, 2.05) is 0 Å². The molecule has 2 heterocycles. The third-order valence-electron chi connectivity index (χ3n) is 6.53. The molecule has 4 nitrogen and oxygen atoms in total. The van der Waals surface area contributed by atoms with Crippen molar-refractivity contribution in [2.45, 2.75) is 56.7 Å². The number of nitrogens with zero attached hydrogens (tertiary/aromatic N) is 2. The van der Waals surface area contributed by atoms with Crippen LogP contribution >= 0.6 is 0 Å². The maximum Gasteiger partial charge on any atom is 0.225 e. The highest BCUT2D eigenvalue weighted by Crippen LogP contribution is 2.39. The molecule has 4 rings (SSSR count). The van der Waals surface area contributed by atoms with E-state index in [1.165, 1.54) is 12.0 Å². The van der Waals surface area contributed by atoms with Crippen molar-refractivity contribution in [2.24, 2.45) is 5.92 Å². The maximum absolute atomic E-state index is 12.4. The van der Waals surface area contributed by atoms with Crippen LogP contribution in [0, 0.1) is 5.92 Å². The number of likely N-dealkylation sites (N-methyl/N-ethyl adjacent to an activating group) is 1. The highest BCUT2D eigenvalue weighted by atomic mass is 16.5. The number of ether oxygens (including phenoxy) is 1. The molecule has 2 aliphatic heterocycles. The first-order chi connectivity index (χ1) is 12.2. The topological polar surface area (TPSA) is 32.8 Å². The average molecular weight is 342 g/mol. The number of likely N-dealkylation sites (tertiary alicyclic amines) is 1. The molecule has 3 aliphatic rings. The fourth-order valence-corrected chi connectivity index (χ4v) is 4.50. The minimum absolute atomic E-state index is 0.00596. The monoisotopic (exact) mass is 342 g/mol. The summed E-state index contributed by atoms with van der Waals surface area (Å²) in [5.74, 6) is 0.722. The molecule has 1 atom stereocenters. The van der Waals surface area contributed by atoms with E-state index < -0.39 is 0 Å². The lowest BCUT2D eigenvalue weighted by Gasteiger charge is -2.41. The maximum atomic E-state index is 12.4. The number of amides is 1. The number of hydrogen-bond donors (Lipinski definition) is 0. The van der Waals surface area contributed by atoms with Crippen molar-refractivity contribution < 1.29 is 9.53 Å². The van der Waals surface area contributed by atoms with Crippen molar-refractivity contribution in [2.75, 3.05) is 26.7 Å². The lowest BCUT2D eigenvalue weighted by molar-refractivity contribution is -0.142. The fraction of sp³-hybridized carbons (Fsp3) is 0.667. The van der Waals surface area contributed by atoms with Gasteiger partial charge in [-0.15, -0.1) is 0 Å². The molecule has 0 radical (unpaired) electrons. The molecule has 1 saturated carbocycles. The Bertz CT molecular complexity index is 591. The molecule has 1 aliphatic carbocycles. The molecule has 1 aromatic carbocycles. The summed E-state index contributed by atoms with van der Waals surface area (Å²) in [5.41, 5.74) is 1.36. The van der Waals surface area contributed by atoms with Crippen molar-refractivity contribution in [1.82, 2.24) is 9.80 Å². The zero-order valence-corrected chi connectivity index (χ0v) is 15.3. The highest BCUT2D eigenvalue weighted by Gasteiger charge is 2.45. The van der Waals surface area contributed by atoms with Gasteiger partial charge in [-0.2, -0.15) is 0 Å². The fourth-order valence-electron chi connectivity index (χ4n) is 4.50. The van der Waals surface area contributed by atoms with Gasteiger partial charge in [-0.1, -0.05) is 36.8 Å². The van der Waals surface area contributed by atoms with Crippen LogP contribution < -0.4 is 0 Å². The zero-order valence-electron chi connectivity index (χ0n) is 15.3. The molecular weight excluding hydrogens is 312 g/mol. The van der Waals surface area contributed by atoms with Crippen LogP contribution in [0.4, 0.5) is 0 Å². The molecule has 0 unspecified atom stereocenters. The van der Waals surface area contributed by atoms with E-state index >= 15 is 0 Å².